The number of nitrogens with zero attached hydrogens (tertiary/aromatic N) is 3. The molecule has 1 aromatic carbocycles. The van der Waals surface area contributed by atoms with Crippen molar-refractivity contribution < 1.29 is 4.39 Å². The Hall–Kier alpha value is -1.62. The van der Waals surface area contributed by atoms with Gasteiger partial charge in [-0.1, -0.05) is 16.8 Å². The summed E-state index contributed by atoms with van der Waals surface area (Å²) >= 11 is 6.04. The molecule has 1 heterocycles. The highest BCUT2D eigenvalue weighted by molar-refractivity contribution is 6.32. The highest BCUT2D eigenvalue weighted by atomic mass is 35.5. The molecule has 0 saturated heterocycles. The predicted octanol–water partition coefficient (Wildman–Crippen LogP) is 2.52. The lowest BCUT2D eigenvalue weighted by Crippen LogP contribution is -2.03. The van der Waals surface area contributed by atoms with E-state index in [9.17, 15) is 4.39 Å². The normalized spacial score (nSPS) is 15.2. The number of aromatic nitrogens is 3. The van der Waals surface area contributed by atoms with Crippen molar-refractivity contribution in [3.05, 3.63) is 34.7 Å². The number of hydrogen-bond donors (Lipinski definition) is 1. The van der Waals surface area contributed by atoms with Crippen molar-refractivity contribution in [1.29, 1.82) is 0 Å². The van der Waals surface area contributed by atoms with Gasteiger partial charge < -0.3 is 5.73 Å². The largest absolute Gasteiger partial charge is 0.381 e. The van der Waals surface area contributed by atoms with Crippen LogP contribution in [-0.2, 0) is 0 Å². The van der Waals surface area contributed by atoms with Crippen molar-refractivity contribution in [3.63, 3.8) is 0 Å². The molecule has 6 heteroatoms. The van der Waals surface area contributed by atoms with E-state index >= 15 is 0 Å². The van der Waals surface area contributed by atoms with E-state index in [1.165, 1.54) is 18.2 Å². The fourth-order valence-corrected chi connectivity index (χ4v) is 2.06. The van der Waals surface area contributed by atoms with Gasteiger partial charge in [0, 0.05) is 12.0 Å². The molecule has 0 atom stereocenters. The topological polar surface area (TPSA) is 56.7 Å². The molecule has 1 saturated carbocycles. The maximum absolute atomic E-state index is 13.2. The summed E-state index contributed by atoms with van der Waals surface area (Å²) in [7, 11) is 0. The van der Waals surface area contributed by atoms with Gasteiger partial charge >= 0.3 is 0 Å². The van der Waals surface area contributed by atoms with Crippen LogP contribution < -0.4 is 5.73 Å². The third kappa shape index (κ3) is 1.76. The van der Waals surface area contributed by atoms with Gasteiger partial charge in [0.15, 0.2) is 5.82 Å². The van der Waals surface area contributed by atoms with Gasteiger partial charge in [0.1, 0.15) is 5.82 Å². The predicted molar refractivity (Wildman–Crippen MR) is 62.7 cm³/mol. The maximum Gasteiger partial charge on any atom is 0.169 e. The first kappa shape index (κ1) is 10.5. The monoisotopic (exact) mass is 252 g/mol. The first-order chi connectivity index (χ1) is 8.16. The Bertz CT molecular complexity index is 577. The Morgan fingerprint density at radius 3 is 2.88 bits per heavy atom. The maximum atomic E-state index is 13.2. The molecular weight excluding hydrogens is 243 g/mol. The van der Waals surface area contributed by atoms with Crippen LogP contribution in [-0.4, -0.2) is 15.0 Å². The number of rotatable bonds is 2. The van der Waals surface area contributed by atoms with Crippen LogP contribution in [0.25, 0.3) is 5.69 Å². The van der Waals surface area contributed by atoms with E-state index in [1.54, 1.807) is 4.68 Å². The van der Waals surface area contributed by atoms with Crippen LogP contribution in [0.15, 0.2) is 18.2 Å². The smallest absolute Gasteiger partial charge is 0.169 e. The summed E-state index contributed by atoms with van der Waals surface area (Å²) in [6.45, 7) is 0. The number of nitrogens with two attached hydrogens (primary N) is 1. The van der Waals surface area contributed by atoms with E-state index in [2.05, 4.69) is 10.3 Å². The van der Waals surface area contributed by atoms with E-state index in [0.717, 1.165) is 18.5 Å². The number of halogens is 2. The first-order valence-corrected chi connectivity index (χ1v) is 5.71. The molecule has 88 valence electrons. The highest BCUT2D eigenvalue weighted by Gasteiger charge is 2.31. The van der Waals surface area contributed by atoms with Crippen LogP contribution in [0.1, 0.15) is 24.5 Å². The zero-order valence-corrected chi connectivity index (χ0v) is 9.65. The second-order valence-corrected chi connectivity index (χ2v) is 4.55. The molecule has 1 aliphatic carbocycles. The standard InChI is InChI=1S/C11H10ClFN4/c12-8-4-3-7(13)5-9(8)17-10(6-1-2-6)11(14)15-16-17/h3-6H,1-2,14H2. The van der Waals surface area contributed by atoms with E-state index < -0.39 is 0 Å². The minimum absolute atomic E-state index is 0.361. The molecule has 0 spiro atoms. The van der Waals surface area contributed by atoms with Gasteiger partial charge in [0.05, 0.1) is 16.4 Å². The summed E-state index contributed by atoms with van der Waals surface area (Å²) in [4.78, 5) is 0. The van der Waals surface area contributed by atoms with Crippen LogP contribution in [0.5, 0.6) is 0 Å². The van der Waals surface area contributed by atoms with Gasteiger partial charge in [-0.3, -0.25) is 0 Å². The summed E-state index contributed by atoms with van der Waals surface area (Å²) in [5, 5.41) is 8.20. The molecule has 3 rings (SSSR count). The number of anilines is 1. The van der Waals surface area contributed by atoms with Crippen LogP contribution in [0.2, 0.25) is 5.02 Å². The summed E-state index contributed by atoms with van der Waals surface area (Å²) in [5.41, 5.74) is 7.09. The Balaban J connectivity index is 2.17. The summed E-state index contributed by atoms with van der Waals surface area (Å²) in [6.07, 6.45) is 2.12. The fraction of sp³-hybridized carbons (Fsp3) is 0.273. The van der Waals surface area contributed by atoms with Gasteiger partial charge in [0.25, 0.3) is 0 Å². The van der Waals surface area contributed by atoms with Gasteiger partial charge in [-0.2, -0.15) is 0 Å². The zero-order chi connectivity index (χ0) is 12.0. The molecule has 1 aromatic heterocycles. The van der Waals surface area contributed by atoms with Gasteiger partial charge in [-0.05, 0) is 25.0 Å². The number of benzene rings is 1. The highest BCUT2D eigenvalue weighted by Crippen LogP contribution is 2.43. The average Bonchev–Trinajstić information content (AvgIpc) is 3.06. The molecule has 0 bridgehead atoms. The SMILES string of the molecule is Nc1nnn(-c2cc(F)ccc2Cl)c1C1CC1. The summed E-state index contributed by atoms with van der Waals surface area (Å²) in [5.74, 6) is 0.400. The Kier molecular flexibility index (Phi) is 2.29. The van der Waals surface area contributed by atoms with Crippen LogP contribution in [0.4, 0.5) is 10.2 Å². The molecule has 2 aromatic rings. The average molecular weight is 253 g/mol. The molecule has 0 radical (unpaired) electrons. The Morgan fingerprint density at radius 2 is 2.18 bits per heavy atom. The Labute approximate surface area is 102 Å². The van der Waals surface area contributed by atoms with Gasteiger partial charge in [0.2, 0.25) is 0 Å². The third-order valence-corrected chi connectivity index (χ3v) is 3.15. The number of hydrogen-bond acceptors (Lipinski definition) is 3. The van der Waals surface area contributed by atoms with E-state index in [-0.39, 0.29) is 5.82 Å². The van der Waals surface area contributed by atoms with Gasteiger partial charge in [-0.15, -0.1) is 5.10 Å². The third-order valence-electron chi connectivity index (χ3n) is 2.83. The van der Waals surface area contributed by atoms with Crippen molar-refractivity contribution >= 4 is 17.4 Å². The first-order valence-electron chi connectivity index (χ1n) is 5.33. The molecular formula is C11H10ClFN4. The second-order valence-electron chi connectivity index (χ2n) is 4.14. The summed E-state index contributed by atoms with van der Waals surface area (Å²) in [6, 6.07) is 4.14. The lowest BCUT2D eigenvalue weighted by molar-refractivity contribution is 0.624. The van der Waals surface area contributed by atoms with Crippen LogP contribution in [0, 0.1) is 5.82 Å². The molecule has 4 nitrogen and oxygen atoms in total. The fourth-order valence-electron chi connectivity index (χ4n) is 1.87. The van der Waals surface area contributed by atoms with Crippen molar-refractivity contribution in [1.82, 2.24) is 15.0 Å². The van der Waals surface area contributed by atoms with Gasteiger partial charge in [-0.25, -0.2) is 9.07 Å². The molecule has 17 heavy (non-hydrogen) atoms. The lowest BCUT2D eigenvalue weighted by atomic mass is 10.2. The molecule has 2 N–H and O–H groups in total. The van der Waals surface area contributed by atoms with Crippen molar-refractivity contribution in [2.24, 2.45) is 0 Å². The van der Waals surface area contributed by atoms with Crippen LogP contribution >= 0.6 is 11.6 Å². The molecule has 0 aliphatic heterocycles. The minimum Gasteiger partial charge on any atom is -0.381 e. The molecule has 0 unspecified atom stereocenters. The van der Waals surface area contributed by atoms with Crippen molar-refractivity contribution in [2.75, 3.05) is 5.73 Å². The summed E-state index contributed by atoms with van der Waals surface area (Å²) < 4.78 is 14.8. The lowest BCUT2D eigenvalue weighted by Gasteiger charge is -2.07. The van der Waals surface area contributed by atoms with E-state index in [4.69, 9.17) is 17.3 Å². The van der Waals surface area contributed by atoms with Crippen LogP contribution in [0.3, 0.4) is 0 Å². The quantitative estimate of drug-likeness (QED) is 0.894. The Morgan fingerprint density at radius 1 is 1.41 bits per heavy atom. The van der Waals surface area contributed by atoms with E-state index in [1.807, 2.05) is 0 Å². The molecule has 0 amide bonds. The molecule has 1 aliphatic rings. The second kappa shape index (κ2) is 3.70. The van der Waals surface area contributed by atoms with E-state index in [0.29, 0.717) is 22.4 Å². The number of nitrogen functional groups attached to an aromatic ring is 1. The molecule has 1 fully saturated rings. The minimum atomic E-state index is -0.361. The zero-order valence-electron chi connectivity index (χ0n) is 8.90. The van der Waals surface area contributed by atoms with Crippen molar-refractivity contribution in [2.45, 2.75) is 18.8 Å². The van der Waals surface area contributed by atoms with Crippen molar-refractivity contribution in [3.8, 4) is 5.69 Å².